The summed E-state index contributed by atoms with van der Waals surface area (Å²) in [4.78, 5) is 54.5. The third-order valence-electron chi connectivity index (χ3n) is 4.41. The molecule has 204 valence electrons. The van der Waals surface area contributed by atoms with E-state index in [1.165, 1.54) is 24.3 Å². The molecule has 3 N–H and O–H groups in total. The number of hydrogen-bond donors (Lipinski definition) is 2. The molecular weight excluding hydrogens is 492 g/mol. The van der Waals surface area contributed by atoms with Crippen molar-refractivity contribution in [1.82, 2.24) is 5.32 Å². The minimum absolute atomic E-state index is 0.0755. The maximum absolute atomic E-state index is 13.0. The monoisotopic (exact) mass is 526 g/mol. The summed E-state index contributed by atoms with van der Waals surface area (Å²) in [7, 11) is 0. The second-order valence-electron chi connectivity index (χ2n) is 10.1. The number of nitrogens with one attached hydrogen (secondary N) is 1. The van der Waals surface area contributed by atoms with Crippen LogP contribution >= 0.6 is 0 Å². The van der Waals surface area contributed by atoms with Crippen molar-refractivity contribution >= 4 is 35.7 Å². The Balaban J connectivity index is 2.19. The highest BCUT2D eigenvalue weighted by molar-refractivity contribution is 6.15. The number of hydrogen-bond acceptors (Lipinski definition) is 7. The summed E-state index contributed by atoms with van der Waals surface area (Å²) in [6.07, 6.45) is -1.93. The van der Waals surface area contributed by atoms with Crippen LogP contribution in [0.25, 0.3) is 0 Å². The lowest BCUT2D eigenvalue weighted by Crippen LogP contribution is -2.45. The molecule has 0 aliphatic carbocycles. The molecule has 0 fully saturated rings. The third kappa shape index (κ3) is 10.3. The lowest BCUT2D eigenvalue weighted by atomic mass is 10.1. The van der Waals surface area contributed by atoms with Crippen LogP contribution in [0.4, 0.5) is 15.3 Å². The van der Waals surface area contributed by atoms with E-state index in [0.29, 0.717) is 0 Å². The highest BCUT2D eigenvalue weighted by atomic mass is 16.6. The van der Waals surface area contributed by atoms with Crippen LogP contribution in [0.1, 0.15) is 57.5 Å². The lowest BCUT2D eigenvalue weighted by molar-refractivity contribution is -0.143. The zero-order valence-electron chi connectivity index (χ0n) is 22.4. The number of aliphatic imine (C=N–C) groups is 1. The Morgan fingerprint density at radius 3 is 2.13 bits per heavy atom. The van der Waals surface area contributed by atoms with Gasteiger partial charge in [-0.2, -0.15) is 0 Å². The Hall–Kier alpha value is -4.41. The molecule has 0 aliphatic rings. The number of rotatable bonds is 6. The molecule has 38 heavy (non-hydrogen) atoms. The molecule has 11 nitrogen and oxygen atoms in total. The molecule has 0 saturated heterocycles. The second-order valence-corrected chi connectivity index (χ2v) is 10.1. The highest BCUT2D eigenvalue weighted by Crippen LogP contribution is 2.20. The van der Waals surface area contributed by atoms with E-state index in [-0.39, 0.29) is 24.4 Å². The van der Waals surface area contributed by atoms with Gasteiger partial charge in [0.25, 0.3) is 5.91 Å². The quantitative estimate of drug-likeness (QED) is 0.247. The molecule has 0 bridgehead atoms. The van der Waals surface area contributed by atoms with Crippen LogP contribution in [0, 0.1) is 0 Å². The molecule has 0 atom stereocenters. The zero-order valence-corrected chi connectivity index (χ0v) is 22.4. The first kappa shape index (κ1) is 29.8. The summed E-state index contributed by atoms with van der Waals surface area (Å²) < 4.78 is 15.7. The predicted octanol–water partition coefficient (Wildman–Crippen LogP) is 4.15. The maximum atomic E-state index is 13.0. The fourth-order valence-electron chi connectivity index (χ4n) is 2.90. The van der Waals surface area contributed by atoms with Crippen LogP contribution in [0.5, 0.6) is 0 Å². The normalized spacial score (nSPS) is 11.8. The van der Waals surface area contributed by atoms with Crippen molar-refractivity contribution in [2.75, 3.05) is 11.4 Å². The van der Waals surface area contributed by atoms with Crippen molar-refractivity contribution in [3.63, 3.8) is 0 Å². The number of carbonyl (C=O) groups is 4. The standard InChI is InChI=1S/C27H34N4O7/c1-26(2,3)37-24(34)30-23(28)31(25(35)38-27(4,5)6)20-14-10-13-19(15-20)22(33)29-16-21(32)36-17-18-11-8-7-9-12-18/h7-15H,16-17H2,1-6H3,(H,29,33)(H2,28,30,34). The molecule has 0 heterocycles. The number of carbonyl (C=O) groups excluding carboxylic acids is 4. The average molecular weight is 527 g/mol. The van der Waals surface area contributed by atoms with Crippen molar-refractivity contribution in [1.29, 1.82) is 0 Å². The SMILES string of the molecule is CC(C)(C)OC(=O)N=C(N)N(C(=O)OC(C)(C)C)c1cccc(C(=O)NCC(=O)OCc2ccccc2)c1. The van der Waals surface area contributed by atoms with Gasteiger partial charge in [-0.1, -0.05) is 36.4 Å². The second kappa shape index (κ2) is 12.7. The molecule has 2 aromatic carbocycles. The summed E-state index contributed by atoms with van der Waals surface area (Å²) in [6.45, 7) is 9.65. The van der Waals surface area contributed by atoms with Crippen molar-refractivity contribution in [2.24, 2.45) is 10.7 Å². The van der Waals surface area contributed by atoms with E-state index in [1.54, 1.807) is 41.5 Å². The van der Waals surface area contributed by atoms with Gasteiger partial charge in [-0.05, 0) is 65.3 Å². The molecule has 0 saturated carbocycles. The van der Waals surface area contributed by atoms with E-state index < -0.39 is 41.2 Å². The van der Waals surface area contributed by atoms with E-state index >= 15 is 0 Å². The van der Waals surface area contributed by atoms with Gasteiger partial charge in [-0.25, -0.2) is 14.5 Å². The average Bonchev–Trinajstić information content (AvgIpc) is 2.79. The van der Waals surface area contributed by atoms with Crippen LogP contribution < -0.4 is 16.0 Å². The maximum Gasteiger partial charge on any atom is 0.437 e. The van der Waals surface area contributed by atoms with E-state index in [2.05, 4.69) is 10.3 Å². The first-order valence-electron chi connectivity index (χ1n) is 11.8. The minimum Gasteiger partial charge on any atom is -0.460 e. The highest BCUT2D eigenvalue weighted by Gasteiger charge is 2.28. The molecule has 2 rings (SSSR count). The van der Waals surface area contributed by atoms with Gasteiger partial charge >= 0.3 is 18.2 Å². The molecule has 3 amide bonds. The van der Waals surface area contributed by atoms with Gasteiger partial charge in [-0.3, -0.25) is 9.59 Å². The van der Waals surface area contributed by atoms with E-state index in [9.17, 15) is 19.2 Å². The van der Waals surface area contributed by atoms with Crippen LogP contribution in [0.3, 0.4) is 0 Å². The predicted molar refractivity (Wildman–Crippen MR) is 142 cm³/mol. The molecule has 0 spiro atoms. The number of ether oxygens (including phenoxy) is 3. The summed E-state index contributed by atoms with van der Waals surface area (Å²) in [5, 5.41) is 2.47. The largest absolute Gasteiger partial charge is 0.460 e. The number of amides is 3. The number of benzene rings is 2. The Kier molecular flexibility index (Phi) is 9.97. The molecule has 0 radical (unpaired) electrons. The molecule has 0 aromatic heterocycles. The molecule has 2 aromatic rings. The number of nitrogens with zero attached hydrogens (tertiary/aromatic N) is 2. The first-order chi connectivity index (χ1) is 17.6. The van der Waals surface area contributed by atoms with Gasteiger partial charge in [0.1, 0.15) is 24.4 Å². The van der Waals surface area contributed by atoms with Crippen LogP contribution in [0.2, 0.25) is 0 Å². The Morgan fingerprint density at radius 1 is 0.895 bits per heavy atom. The zero-order chi connectivity index (χ0) is 28.5. The van der Waals surface area contributed by atoms with Gasteiger partial charge in [-0.15, -0.1) is 4.99 Å². The molecule has 11 heteroatoms. The van der Waals surface area contributed by atoms with Gasteiger partial charge < -0.3 is 25.3 Å². The van der Waals surface area contributed by atoms with E-state index in [4.69, 9.17) is 19.9 Å². The summed E-state index contributed by atoms with van der Waals surface area (Å²) >= 11 is 0. The fraction of sp³-hybridized carbons (Fsp3) is 0.370. The Labute approximate surface area is 221 Å². The summed E-state index contributed by atoms with van der Waals surface area (Å²) in [5.41, 5.74) is 5.30. The molecule has 0 unspecified atom stereocenters. The van der Waals surface area contributed by atoms with Gasteiger partial charge in [0, 0.05) is 5.56 Å². The van der Waals surface area contributed by atoms with Gasteiger partial charge in [0.2, 0.25) is 5.96 Å². The number of nitrogens with two attached hydrogens (primary N) is 1. The number of esters is 1. The Bertz CT molecular complexity index is 1180. The van der Waals surface area contributed by atoms with Crippen LogP contribution in [-0.2, 0) is 25.6 Å². The number of guanidine groups is 1. The van der Waals surface area contributed by atoms with Gasteiger partial charge in [0.05, 0.1) is 5.69 Å². The van der Waals surface area contributed by atoms with Crippen molar-refractivity contribution in [2.45, 2.75) is 59.4 Å². The smallest absolute Gasteiger partial charge is 0.437 e. The topological polar surface area (TPSA) is 150 Å². The summed E-state index contributed by atoms with van der Waals surface area (Å²) in [6, 6.07) is 14.9. The van der Waals surface area contributed by atoms with Crippen LogP contribution in [-0.4, -0.2) is 47.8 Å². The van der Waals surface area contributed by atoms with Crippen molar-refractivity contribution < 1.29 is 33.4 Å². The Morgan fingerprint density at radius 2 is 1.53 bits per heavy atom. The van der Waals surface area contributed by atoms with Crippen molar-refractivity contribution in [3.05, 3.63) is 65.7 Å². The summed E-state index contributed by atoms with van der Waals surface area (Å²) in [5.74, 6) is -1.74. The number of anilines is 1. The van der Waals surface area contributed by atoms with Gasteiger partial charge in [0.15, 0.2) is 0 Å². The lowest BCUT2D eigenvalue weighted by Gasteiger charge is -2.27. The fourth-order valence-corrected chi connectivity index (χ4v) is 2.90. The first-order valence-corrected chi connectivity index (χ1v) is 11.8. The molecule has 0 aliphatic heterocycles. The van der Waals surface area contributed by atoms with E-state index in [0.717, 1.165) is 10.5 Å². The van der Waals surface area contributed by atoms with E-state index in [1.807, 2.05) is 30.3 Å². The minimum atomic E-state index is -1.01. The molecular formula is C27H34N4O7. The van der Waals surface area contributed by atoms with Crippen molar-refractivity contribution in [3.8, 4) is 0 Å². The van der Waals surface area contributed by atoms with Crippen LogP contribution in [0.15, 0.2) is 59.6 Å². The third-order valence-corrected chi connectivity index (χ3v) is 4.41.